The Balaban J connectivity index is 1.62. The van der Waals surface area contributed by atoms with Crippen molar-refractivity contribution in [2.45, 2.75) is 31.9 Å². The molecule has 34 heavy (non-hydrogen) atoms. The average molecular weight is 500 g/mol. The summed E-state index contributed by atoms with van der Waals surface area (Å²) in [5.74, 6) is 0.578. The maximum atomic E-state index is 13.3. The third kappa shape index (κ3) is 3.50. The number of aromatic nitrogens is 7. The highest BCUT2D eigenvalue weighted by Crippen LogP contribution is 2.42. The zero-order valence-corrected chi connectivity index (χ0v) is 17.8. The molecule has 0 bridgehead atoms. The SMILES string of the molecule is CC1Cn2c(-c3cccc(C(F)(F)F)n3)nnc2-c2nnc(-c3cccc(C(F)(F)F)c3Cl)n21. The number of nitrogens with zero attached hydrogens (tertiary/aromatic N) is 7. The Hall–Kier alpha value is -3.48. The van der Waals surface area contributed by atoms with Gasteiger partial charge in [0, 0.05) is 12.1 Å². The van der Waals surface area contributed by atoms with Crippen molar-refractivity contribution in [1.82, 2.24) is 34.5 Å². The van der Waals surface area contributed by atoms with Crippen LogP contribution in [-0.2, 0) is 18.9 Å². The van der Waals surface area contributed by atoms with E-state index in [9.17, 15) is 26.3 Å². The van der Waals surface area contributed by atoms with Crippen LogP contribution >= 0.6 is 11.6 Å². The summed E-state index contributed by atoms with van der Waals surface area (Å²) in [6.45, 7) is 1.94. The number of hydrogen-bond donors (Lipinski definition) is 0. The fraction of sp³-hybridized carbons (Fsp3) is 0.250. The lowest BCUT2D eigenvalue weighted by Crippen LogP contribution is -2.23. The van der Waals surface area contributed by atoms with E-state index in [1.807, 2.05) is 0 Å². The number of fused-ring (bicyclic) bond motifs is 3. The number of halogens is 7. The van der Waals surface area contributed by atoms with Crippen molar-refractivity contribution in [3.63, 3.8) is 0 Å². The molecule has 0 saturated heterocycles. The van der Waals surface area contributed by atoms with Gasteiger partial charge in [0.2, 0.25) is 11.6 Å². The van der Waals surface area contributed by atoms with Crippen LogP contribution in [0.5, 0.6) is 0 Å². The van der Waals surface area contributed by atoms with Gasteiger partial charge in [-0.15, -0.1) is 20.4 Å². The Morgan fingerprint density at radius 1 is 0.824 bits per heavy atom. The van der Waals surface area contributed by atoms with E-state index in [1.54, 1.807) is 16.1 Å². The Labute approximate surface area is 192 Å². The summed E-state index contributed by atoms with van der Waals surface area (Å²) in [5, 5.41) is 15.6. The van der Waals surface area contributed by atoms with Crippen LogP contribution in [0.2, 0.25) is 5.02 Å². The van der Waals surface area contributed by atoms with Gasteiger partial charge >= 0.3 is 12.4 Å². The van der Waals surface area contributed by atoms with Crippen molar-refractivity contribution in [2.24, 2.45) is 0 Å². The van der Waals surface area contributed by atoms with Gasteiger partial charge in [0.15, 0.2) is 11.6 Å². The number of rotatable bonds is 2. The van der Waals surface area contributed by atoms with Crippen LogP contribution in [0.4, 0.5) is 26.3 Å². The standard InChI is InChI=1S/C20H12ClF6N7/c1-9-8-33-16(12-6-3-7-13(28-12)20(25,26)27)30-31-17(33)18-32-29-15(34(9)18)10-4-2-5-11(14(10)21)19(22,23)24/h2-7,9H,8H2,1H3. The van der Waals surface area contributed by atoms with E-state index in [0.717, 1.165) is 12.1 Å². The highest BCUT2D eigenvalue weighted by molar-refractivity contribution is 6.34. The first-order valence-electron chi connectivity index (χ1n) is 9.76. The first-order valence-corrected chi connectivity index (χ1v) is 10.1. The average Bonchev–Trinajstić information content (AvgIpc) is 3.37. The van der Waals surface area contributed by atoms with E-state index in [1.165, 1.54) is 24.3 Å². The number of hydrogen-bond acceptors (Lipinski definition) is 5. The third-order valence-corrected chi connectivity index (χ3v) is 5.76. The third-order valence-electron chi connectivity index (χ3n) is 5.35. The molecule has 1 atom stereocenters. The van der Waals surface area contributed by atoms with E-state index in [-0.39, 0.29) is 41.1 Å². The minimum Gasteiger partial charge on any atom is -0.301 e. The summed E-state index contributed by atoms with van der Waals surface area (Å²) < 4.78 is 82.4. The van der Waals surface area contributed by atoms with E-state index in [2.05, 4.69) is 25.4 Å². The topological polar surface area (TPSA) is 74.3 Å². The second kappa shape index (κ2) is 7.52. The van der Waals surface area contributed by atoms with E-state index in [4.69, 9.17) is 11.6 Å². The van der Waals surface area contributed by atoms with Crippen molar-refractivity contribution in [1.29, 1.82) is 0 Å². The predicted molar refractivity (Wildman–Crippen MR) is 107 cm³/mol. The van der Waals surface area contributed by atoms with Gasteiger partial charge in [-0.05, 0) is 31.2 Å². The molecule has 0 spiro atoms. The van der Waals surface area contributed by atoms with Gasteiger partial charge in [-0.1, -0.05) is 23.7 Å². The molecule has 4 heterocycles. The Kier molecular flexibility index (Phi) is 4.93. The molecule has 0 N–H and O–H groups in total. The summed E-state index contributed by atoms with van der Waals surface area (Å²) in [5.41, 5.74) is -2.07. The van der Waals surface area contributed by atoms with Gasteiger partial charge < -0.3 is 4.57 Å². The van der Waals surface area contributed by atoms with Crippen molar-refractivity contribution < 1.29 is 26.3 Å². The predicted octanol–water partition coefficient (Wildman–Crippen LogP) is 5.53. The molecule has 1 aliphatic rings. The van der Waals surface area contributed by atoms with Gasteiger partial charge in [0.25, 0.3) is 0 Å². The highest BCUT2D eigenvalue weighted by atomic mass is 35.5. The molecule has 1 aliphatic heterocycles. The van der Waals surface area contributed by atoms with Crippen LogP contribution in [-0.4, -0.2) is 34.5 Å². The summed E-state index contributed by atoms with van der Waals surface area (Å²) >= 11 is 6.08. The molecule has 176 valence electrons. The van der Waals surface area contributed by atoms with Crippen LogP contribution < -0.4 is 0 Å². The minimum atomic E-state index is -4.66. The summed E-state index contributed by atoms with van der Waals surface area (Å²) in [6, 6.07) is 6.52. The van der Waals surface area contributed by atoms with E-state index in [0.29, 0.717) is 0 Å². The lowest BCUT2D eigenvalue weighted by Gasteiger charge is -2.25. The van der Waals surface area contributed by atoms with Gasteiger partial charge in [-0.3, -0.25) is 4.57 Å². The summed E-state index contributed by atoms with van der Waals surface area (Å²) in [6.07, 6.45) is -9.29. The van der Waals surface area contributed by atoms with Crippen LogP contribution in [0.1, 0.15) is 24.2 Å². The van der Waals surface area contributed by atoms with Gasteiger partial charge in [-0.25, -0.2) is 4.98 Å². The molecule has 3 aromatic heterocycles. The molecule has 5 rings (SSSR count). The normalized spacial score (nSPS) is 15.8. The molecular weight excluding hydrogens is 488 g/mol. The zero-order chi connectivity index (χ0) is 24.4. The fourth-order valence-corrected chi connectivity index (χ4v) is 4.18. The molecule has 1 unspecified atom stereocenters. The lowest BCUT2D eigenvalue weighted by atomic mass is 10.1. The molecule has 4 aromatic rings. The summed E-state index contributed by atoms with van der Waals surface area (Å²) in [4.78, 5) is 3.66. The molecule has 0 aliphatic carbocycles. The maximum absolute atomic E-state index is 13.3. The van der Waals surface area contributed by atoms with Crippen molar-refractivity contribution in [3.8, 4) is 34.6 Å². The van der Waals surface area contributed by atoms with E-state index < -0.39 is 34.7 Å². The first-order chi connectivity index (χ1) is 16.0. The maximum Gasteiger partial charge on any atom is 0.433 e. The number of alkyl halides is 6. The number of pyridine rings is 1. The van der Waals surface area contributed by atoms with Gasteiger partial charge in [-0.2, -0.15) is 26.3 Å². The van der Waals surface area contributed by atoms with Crippen molar-refractivity contribution >= 4 is 11.6 Å². The van der Waals surface area contributed by atoms with Crippen molar-refractivity contribution in [3.05, 3.63) is 52.7 Å². The Morgan fingerprint density at radius 2 is 1.47 bits per heavy atom. The monoisotopic (exact) mass is 499 g/mol. The quantitative estimate of drug-likeness (QED) is 0.339. The van der Waals surface area contributed by atoms with Crippen LogP contribution in [0.25, 0.3) is 34.6 Å². The molecule has 7 nitrogen and oxygen atoms in total. The Morgan fingerprint density at radius 3 is 2.18 bits per heavy atom. The molecular formula is C20H12ClF6N7. The molecule has 0 radical (unpaired) electrons. The molecule has 0 fully saturated rings. The first kappa shape index (κ1) is 22.3. The van der Waals surface area contributed by atoms with Crippen LogP contribution in [0, 0.1) is 0 Å². The smallest absolute Gasteiger partial charge is 0.301 e. The molecule has 0 amide bonds. The van der Waals surface area contributed by atoms with Crippen LogP contribution in [0.15, 0.2) is 36.4 Å². The minimum absolute atomic E-state index is 0.0325. The Bertz CT molecular complexity index is 1410. The number of benzene rings is 1. The molecule has 14 heteroatoms. The molecule has 1 aromatic carbocycles. The molecule has 0 saturated carbocycles. The van der Waals surface area contributed by atoms with E-state index >= 15 is 0 Å². The van der Waals surface area contributed by atoms with Crippen LogP contribution in [0.3, 0.4) is 0 Å². The zero-order valence-electron chi connectivity index (χ0n) is 17.0. The largest absolute Gasteiger partial charge is 0.433 e. The second-order valence-corrected chi connectivity index (χ2v) is 7.97. The lowest BCUT2D eigenvalue weighted by molar-refractivity contribution is -0.141. The van der Waals surface area contributed by atoms with Gasteiger partial charge in [0.05, 0.1) is 16.6 Å². The second-order valence-electron chi connectivity index (χ2n) is 7.59. The summed E-state index contributed by atoms with van der Waals surface area (Å²) in [7, 11) is 0. The van der Waals surface area contributed by atoms with Crippen molar-refractivity contribution in [2.75, 3.05) is 0 Å². The highest BCUT2D eigenvalue weighted by Gasteiger charge is 2.37. The van der Waals surface area contributed by atoms with Gasteiger partial charge in [0.1, 0.15) is 11.4 Å². The fourth-order valence-electron chi connectivity index (χ4n) is 3.86.